The van der Waals surface area contributed by atoms with Crippen LogP contribution in [-0.2, 0) is 4.79 Å². The molecule has 112 valence electrons. The zero-order valence-corrected chi connectivity index (χ0v) is 13.1. The molecule has 0 fully saturated rings. The molecule has 0 bridgehead atoms. The highest BCUT2D eigenvalue weighted by Gasteiger charge is 2.21. The number of carbonyl (C=O) groups is 1. The van der Waals surface area contributed by atoms with Crippen molar-refractivity contribution in [3.63, 3.8) is 0 Å². The molecule has 1 amide bonds. The first-order valence-corrected chi connectivity index (χ1v) is 7.43. The van der Waals surface area contributed by atoms with E-state index in [2.05, 4.69) is 28.5 Å². The Labute approximate surface area is 130 Å². The third-order valence-corrected chi connectivity index (χ3v) is 3.64. The summed E-state index contributed by atoms with van der Waals surface area (Å²) in [6, 6.07) is 18.2. The molecule has 0 aliphatic carbocycles. The van der Waals surface area contributed by atoms with Gasteiger partial charge in [-0.25, -0.2) is 0 Å². The van der Waals surface area contributed by atoms with E-state index < -0.39 is 5.41 Å². The third-order valence-electron chi connectivity index (χ3n) is 3.64. The monoisotopic (exact) mass is 292 g/mol. The van der Waals surface area contributed by atoms with Crippen LogP contribution in [0.2, 0.25) is 0 Å². The molecule has 1 aromatic heterocycles. The Morgan fingerprint density at radius 1 is 1.00 bits per heavy atom. The second-order valence-corrected chi connectivity index (χ2v) is 6.56. The highest BCUT2D eigenvalue weighted by Crippen LogP contribution is 2.27. The molecule has 3 rings (SSSR count). The van der Waals surface area contributed by atoms with Crippen molar-refractivity contribution in [2.45, 2.75) is 20.8 Å². The zero-order chi connectivity index (χ0) is 15.7. The molecule has 0 saturated carbocycles. The van der Waals surface area contributed by atoms with Crippen LogP contribution in [0, 0.1) is 5.41 Å². The normalized spacial score (nSPS) is 11.6. The maximum atomic E-state index is 12.1. The van der Waals surface area contributed by atoms with Gasteiger partial charge in [-0.1, -0.05) is 51.1 Å². The average Bonchev–Trinajstić information content (AvgIpc) is 2.90. The summed E-state index contributed by atoms with van der Waals surface area (Å²) < 4.78 is 0. The summed E-state index contributed by atoms with van der Waals surface area (Å²) >= 11 is 0. The minimum Gasteiger partial charge on any atom is -0.355 e. The molecule has 3 nitrogen and oxygen atoms in total. The fraction of sp³-hybridized carbons (Fsp3) is 0.211. The van der Waals surface area contributed by atoms with Crippen LogP contribution in [-0.4, -0.2) is 10.9 Å². The average molecular weight is 292 g/mol. The first kappa shape index (κ1) is 14.4. The van der Waals surface area contributed by atoms with Crippen LogP contribution in [0.5, 0.6) is 0 Å². The van der Waals surface area contributed by atoms with Gasteiger partial charge in [0.05, 0.1) is 0 Å². The molecule has 0 aliphatic heterocycles. The van der Waals surface area contributed by atoms with Gasteiger partial charge in [0.1, 0.15) is 0 Å². The maximum Gasteiger partial charge on any atom is 0.229 e. The molecule has 22 heavy (non-hydrogen) atoms. The summed E-state index contributed by atoms with van der Waals surface area (Å²) in [6.07, 6.45) is 0. The summed E-state index contributed by atoms with van der Waals surface area (Å²) in [5.74, 6) is 0.0191. The van der Waals surface area contributed by atoms with Gasteiger partial charge in [0.15, 0.2) is 0 Å². The highest BCUT2D eigenvalue weighted by atomic mass is 16.2. The number of rotatable bonds is 2. The van der Waals surface area contributed by atoms with Gasteiger partial charge in [-0.3, -0.25) is 4.79 Å². The molecule has 3 aromatic rings. The van der Waals surface area contributed by atoms with Gasteiger partial charge in [0.25, 0.3) is 0 Å². The van der Waals surface area contributed by atoms with Gasteiger partial charge in [0.2, 0.25) is 5.91 Å². The topological polar surface area (TPSA) is 44.9 Å². The fourth-order valence-corrected chi connectivity index (χ4v) is 2.30. The van der Waals surface area contributed by atoms with E-state index >= 15 is 0 Å². The molecule has 0 radical (unpaired) electrons. The SMILES string of the molecule is CC(C)(C)C(=O)Nc1ccc2[nH]c(-c3ccccc3)cc2c1. The van der Waals surface area contributed by atoms with E-state index in [-0.39, 0.29) is 5.91 Å². The van der Waals surface area contributed by atoms with Crippen molar-refractivity contribution in [2.24, 2.45) is 5.41 Å². The quantitative estimate of drug-likeness (QED) is 0.699. The molecule has 2 aromatic carbocycles. The number of nitrogens with one attached hydrogen (secondary N) is 2. The van der Waals surface area contributed by atoms with Gasteiger partial charge in [0, 0.05) is 27.7 Å². The Kier molecular flexibility index (Phi) is 3.49. The zero-order valence-electron chi connectivity index (χ0n) is 13.1. The summed E-state index contributed by atoms with van der Waals surface area (Å²) in [7, 11) is 0. The first-order chi connectivity index (χ1) is 10.4. The standard InChI is InChI=1S/C19H20N2O/c1-19(2,3)18(22)20-15-9-10-16-14(11-15)12-17(21-16)13-7-5-4-6-8-13/h4-12,21H,1-3H3,(H,20,22). The fourth-order valence-electron chi connectivity index (χ4n) is 2.30. The van der Waals surface area contributed by atoms with E-state index in [4.69, 9.17) is 0 Å². The van der Waals surface area contributed by atoms with Gasteiger partial charge in [-0.15, -0.1) is 0 Å². The van der Waals surface area contributed by atoms with Crippen LogP contribution in [0.3, 0.4) is 0 Å². The Morgan fingerprint density at radius 3 is 2.41 bits per heavy atom. The van der Waals surface area contributed by atoms with E-state index in [0.717, 1.165) is 27.8 Å². The number of hydrogen-bond donors (Lipinski definition) is 2. The molecule has 2 N–H and O–H groups in total. The summed E-state index contributed by atoms with van der Waals surface area (Å²) in [5, 5.41) is 4.06. The van der Waals surface area contributed by atoms with Crippen molar-refractivity contribution >= 4 is 22.5 Å². The molecule has 1 heterocycles. The first-order valence-electron chi connectivity index (χ1n) is 7.43. The lowest BCUT2D eigenvalue weighted by Gasteiger charge is -2.17. The van der Waals surface area contributed by atoms with Gasteiger partial charge < -0.3 is 10.3 Å². The minimum absolute atomic E-state index is 0.0191. The number of benzene rings is 2. The predicted octanol–water partition coefficient (Wildman–Crippen LogP) is 4.82. The van der Waals surface area contributed by atoms with Crippen LogP contribution >= 0.6 is 0 Å². The third kappa shape index (κ3) is 2.89. The molecule has 0 spiro atoms. The number of carbonyl (C=O) groups excluding carboxylic acids is 1. The molecule has 0 unspecified atom stereocenters. The number of fused-ring (bicyclic) bond motifs is 1. The van der Waals surface area contributed by atoms with E-state index in [1.807, 2.05) is 57.2 Å². The van der Waals surface area contributed by atoms with Crippen LogP contribution in [0.15, 0.2) is 54.6 Å². The lowest BCUT2D eigenvalue weighted by atomic mass is 9.95. The van der Waals surface area contributed by atoms with E-state index in [1.165, 1.54) is 0 Å². The lowest BCUT2D eigenvalue weighted by molar-refractivity contribution is -0.123. The Hall–Kier alpha value is -2.55. The number of aromatic nitrogens is 1. The molecule has 3 heteroatoms. The summed E-state index contributed by atoms with van der Waals surface area (Å²) in [6.45, 7) is 5.72. The maximum absolute atomic E-state index is 12.1. The van der Waals surface area contributed by atoms with Crippen LogP contribution in [0.1, 0.15) is 20.8 Å². The predicted molar refractivity (Wildman–Crippen MR) is 91.8 cm³/mol. The Balaban J connectivity index is 1.92. The van der Waals surface area contributed by atoms with E-state index in [9.17, 15) is 4.79 Å². The van der Waals surface area contributed by atoms with Crippen molar-refractivity contribution in [3.8, 4) is 11.3 Å². The lowest BCUT2D eigenvalue weighted by Crippen LogP contribution is -2.27. The molecule has 0 atom stereocenters. The molecular weight excluding hydrogens is 272 g/mol. The minimum atomic E-state index is -0.400. The van der Waals surface area contributed by atoms with Crippen molar-refractivity contribution in [3.05, 3.63) is 54.6 Å². The Bertz CT molecular complexity index is 810. The molecule has 0 saturated heterocycles. The van der Waals surface area contributed by atoms with Gasteiger partial charge in [-0.2, -0.15) is 0 Å². The van der Waals surface area contributed by atoms with Crippen LogP contribution in [0.25, 0.3) is 22.2 Å². The van der Waals surface area contributed by atoms with Crippen molar-refractivity contribution in [2.75, 3.05) is 5.32 Å². The van der Waals surface area contributed by atoms with Crippen LogP contribution < -0.4 is 5.32 Å². The number of anilines is 1. The number of aromatic amines is 1. The number of hydrogen-bond acceptors (Lipinski definition) is 1. The second-order valence-electron chi connectivity index (χ2n) is 6.56. The summed E-state index contributed by atoms with van der Waals surface area (Å²) in [5.41, 5.74) is 3.72. The molecule has 0 aliphatic rings. The van der Waals surface area contributed by atoms with Crippen molar-refractivity contribution in [1.29, 1.82) is 0 Å². The Morgan fingerprint density at radius 2 is 1.73 bits per heavy atom. The molecular formula is C19H20N2O. The van der Waals surface area contributed by atoms with E-state index in [1.54, 1.807) is 0 Å². The van der Waals surface area contributed by atoms with Gasteiger partial charge in [-0.05, 0) is 29.8 Å². The van der Waals surface area contributed by atoms with Gasteiger partial charge >= 0.3 is 0 Å². The smallest absolute Gasteiger partial charge is 0.229 e. The summed E-state index contributed by atoms with van der Waals surface area (Å²) in [4.78, 5) is 15.5. The number of amides is 1. The second kappa shape index (κ2) is 5.34. The van der Waals surface area contributed by atoms with E-state index in [0.29, 0.717) is 0 Å². The largest absolute Gasteiger partial charge is 0.355 e. The van der Waals surface area contributed by atoms with Crippen LogP contribution in [0.4, 0.5) is 5.69 Å². The number of H-pyrrole nitrogens is 1. The van der Waals surface area contributed by atoms with Crippen molar-refractivity contribution in [1.82, 2.24) is 4.98 Å². The van der Waals surface area contributed by atoms with Crippen molar-refractivity contribution < 1.29 is 4.79 Å². The highest BCUT2D eigenvalue weighted by molar-refractivity contribution is 5.97.